The predicted octanol–water partition coefficient (Wildman–Crippen LogP) is 6.19. The molecule has 0 saturated heterocycles. The Morgan fingerprint density at radius 1 is 1.32 bits per heavy atom. The molecule has 1 aliphatic rings. The van der Waals surface area contributed by atoms with Gasteiger partial charge in [0.05, 0.1) is 11.4 Å². The maximum atomic E-state index is 14.1. The normalized spacial score (nSPS) is 17.1. The van der Waals surface area contributed by atoms with Gasteiger partial charge in [-0.25, -0.2) is 4.39 Å². The van der Waals surface area contributed by atoms with Crippen molar-refractivity contribution in [1.29, 1.82) is 0 Å². The highest BCUT2D eigenvalue weighted by molar-refractivity contribution is 9.10. The summed E-state index contributed by atoms with van der Waals surface area (Å²) in [5, 5.41) is 11.3. The van der Waals surface area contributed by atoms with E-state index in [4.69, 9.17) is 11.6 Å². The van der Waals surface area contributed by atoms with E-state index in [-0.39, 0.29) is 11.7 Å². The molecule has 1 N–H and O–H groups in total. The molecular weight excluding hydrogens is 445 g/mol. The minimum atomic E-state index is -0.794. The van der Waals surface area contributed by atoms with Gasteiger partial charge in [0.15, 0.2) is 0 Å². The zero-order valence-electron chi connectivity index (χ0n) is 15.4. The lowest BCUT2D eigenvalue weighted by Crippen LogP contribution is -2.18. The number of aliphatic carboxylic acids is 1. The Balaban J connectivity index is 1.82. The summed E-state index contributed by atoms with van der Waals surface area (Å²) < 4.78 is 16.9. The first-order valence-corrected chi connectivity index (χ1v) is 10.5. The molecule has 2 atom stereocenters. The van der Waals surface area contributed by atoms with Crippen LogP contribution in [0, 0.1) is 11.7 Å². The number of hydrogen-bond donors (Lipinski definition) is 1. The molecule has 2 heterocycles. The topological polar surface area (TPSA) is 42.2 Å². The number of carbonyl (C=O) groups is 1. The minimum Gasteiger partial charge on any atom is -0.481 e. The molecule has 0 bridgehead atoms. The molecule has 1 aromatic heterocycles. The number of hydrogen-bond acceptors (Lipinski definition) is 1. The summed E-state index contributed by atoms with van der Waals surface area (Å²) in [5.41, 5.74) is 4.17. The van der Waals surface area contributed by atoms with Crippen molar-refractivity contribution in [2.45, 2.75) is 38.6 Å². The Bertz CT molecular complexity index is 1060. The quantitative estimate of drug-likeness (QED) is 0.489. The van der Waals surface area contributed by atoms with Gasteiger partial charge >= 0.3 is 5.97 Å². The van der Waals surface area contributed by atoms with Crippen LogP contribution in [0.25, 0.3) is 10.9 Å². The van der Waals surface area contributed by atoms with Crippen molar-refractivity contribution in [3.05, 3.63) is 68.5 Å². The van der Waals surface area contributed by atoms with Crippen LogP contribution in [0.1, 0.15) is 36.1 Å². The van der Waals surface area contributed by atoms with Gasteiger partial charge in [0, 0.05) is 33.0 Å². The van der Waals surface area contributed by atoms with Gasteiger partial charge in [0.2, 0.25) is 0 Å². The van der Waals surface area contributed by atoms with Crippen LogP contribution in [-0.2, 0) is 24.2 Å². The molecule has 0 radical (unpaired) electrons. The molecular formula is C22H20BrClFNO2. The molecule has 0 aliphatic carbocycles. The summed E-state index contributed by atoms with van der Waals surface area (Å²) in [4.78, 5) is 11.7. The summed E-state index contributed by atoms with van der Waals surface area (Å²) in [6.07, 6.45) is 2.33. The highest BCUT2D eigenvalue weighted by atomic mass is 79.9. The number of halogens is 3. The Labute approximate surface area is 176 Å². The molecule has 146 valence electrons. The van der Waals surface area contributed by atoms with Gasteiger partial charge in [-0.3, -0.25) is 4.79 Å². The third-order valence-corrected chi connectivity index (χ3v) is 6.69. The second kappa shape index (κ2) is 7.53. The van der Waals surface area contributed by atoms with Crippen LogP contribution < -0.4 is 0 Å². The zero-order valence-corrected chi connectivity index (χ0v) is 17.7. The van der Waals surface area contributed by atoms with Gasteiger partial charge in [-0.1, -0.05) is 30.7 Å². The van der Waals surface area contributed by atoms with E-state index in [1.807, 2.05) is 24.3 Å². The number of carboxylic acids is 1. The average molecular weight is 465 g/mol. The number of rotatable bonds is 5. The zero-order chi connectivity index (χ0) is 20.0. The van der Waals surface area contributed by atoms with E-state index in [1.54, 1.807) is 13.0 Å². The van der Waals surface area contributed by atoms with Gasteiger partial charge in [0.25, 0.3) is 0 Å². The van der Waals surface area contributed by atoms with Crippen molar-refractivity contribution in [2.75, 3.05) is 0 Å². The molecule has 0 fully saturated rings. The van der Waals surface area contributed by atoms with E-state index in [9.17, 15) is 14.3 Å². The molecule has 0 spiro atoms. The average Bonchev–Trinajstić information content (AvgIpc) is 3.20. The van der Waals surface area contributed by atoms with Crippen molar-refractivity contribution < 1.29 is 14.3 Å². The van der Waals surface area contributed by atoms with E-state index < -0.39 is 11.9 Å². The van der Waals surface area contributed by atoms with Gasteiger partial charge < -0.3 is 9.67 Å². The number of nitrogens with zero attached hydrogens (tertiary/aromatic N) is 1. The number of aryl methyl sites for hydroxylation is 3. The number of benzene rings is 2. The fourth-order valence-corrected chi connectivity index (χ4v) is 5.18. The van der Waals surface area contributed by atoms with E-state index >= 15 is 0 Å². The summed E-state index contributed by atoms with van der Waals surface area (Å²) >= 11 is 9.52. The molecule has 1 aliphatic heterocycles. The van der Waals surface area contributed by atoms with Gasteiger partial charge in [-0.15, -0.1) is 0 Å². The molecule has 3 aromatic rings. The molecule has 2 unspecified atom stereocenters. The standard InChI is InChI=1S/C22H20BrClFNO2/c1-12(22(27)28)16-8-9-26-19-11-15(25)10-18(23)20(19)17(21(16)26)7-4-13-2-5-14(24)6-3-13/h2-3,5-6,10-12,16H,4,7-9H2,1H3,(H,27,28). The first-order chi connectivity index (χ1) is 13.4. The minimum absolute atomic E-state index is 0.0694. The number of aromatic nitrogens is 1. The third kappa shape index (κ3) is 3.35. The molecule has 0 saturated carbocycles. The lowest BCUT2D eigenvalue weighted by molar-refractivity contribution is -0.141. The van der Waals surface area contributed by atoms with Crippen LogP contribution >= 0.6 is 27.5 Å². The van der Waals surface area contributed by atoms with Crippen LogP contribution in [0.5, 0.6) is 0 Å². The van der Waals surface area contributed by atoms with Crippen LogP contribution in [0.4, 0.5) is 4.39 Å². The highest BCUT2D eigenvalue weighted by Gasteiger charge is 2.36. The van der Waals surface area contributed by atoms with Gasteiger partial charge in [-0.05, 0) is 70.6 Å². The van der Waals surface area contributed by atoms with Gasteiger partial charge in [-0.2, -0.15) is 0 Å². The molecule has 4 rings (SSSR count). The van der Waals surface area contributed by atoms with Gasteiger partial charge in [0.1, 0.15) is 5.82 Å². The van der Waals surface area contributed by atoms with Crippen LogP contribution in [0.2, 0.25) is 5.02 Å². The summed E-state index contributed by atoms with van der Waals surface area (Å²) in [7, 11) is 0. The number of fused-ring (bicyclic) bond motifs is 3. The fourth-order valence-electron chi connectivity index (χ4n) is 4.39. The summed E-state index contributed by atoms with van der Waals surface area (Å²) in [6.45, 7) is 2.48. The summed E-state index contributed by atoms with van der Waals surface area (Å²) in [5.74, 6) is -1.64. The summed E-state index contributed by atoms with van der Waals surface area (Å²) in [6, 6.07) is 10.8. The second-order valence-electron chi connectivity index (χ2n) is 7.45. The largest absolute Gasteiger partial charge is 0.481 e. The van der Waals surface area contributed by atoms with Crippen molar-refractivity contribution in [1.82, 2.24) is 4.57 Å². The van der Waals surface area contributed by atoms with Crippen molar-refractivity contribution in [3.63, 3.8) is 0 Å². The smallest absolute Gasteiger partial charge is 0.306 e. The predicted molar refractivity (Wildman–Crippen MR) is 113 cm³/mol. The van der Waals surface area contributed by atoms with E-state index in [1.165, 1.54) is 6.07 Å². The Kier molecular flexibility index (Phi) is 5.23. The molecule has 2 aromatic carbocycles. The second-order valence-corrected chi connectivity index (χ2v) is 8.74. The first-order valence-electron chi connectivity index (χ1n) is 9.34. The van der Waals surface area contributed by atoms with Crippen LogP contribution in [0.15, 0.2) is 40.9 Å². The van der Waals surface area contributed by atoms with Crippen molar-refractivity contribution >= 4 is 44.4 Å². The lowest BCUT2D eigenvalue weighted by Gasteiger charge is -2.17. The molecule has 6 heteroatoms. The fraction of sp³-hybridized carbons (Fsp3) is 0.318. The molecule has 28 heavy (non-hydrogen) atoms. The monoisotopic (exact) mass is 463 g/mol. The van der Waals surface area contributed by atoms with Crippen LogP contribution in [0.3, 0.4) is 0 Å². The molecule has 3 nitrogen and oxygen atoms in total. The Hall–Kier alpha value is -1.85. The Morgan fingerprint density at radius 2 is 2.04 bits per heavy atom. The van der Waals surface area contributed by atoms with Crippen LogP contribution in [-0.4, -0.2) is 15.6 Å². The first kappa shape index (κ1) is 19.5. The molecule has 0 amide bonds. The third-order valence-electron chi connectivity index (χ3n) is 5.81. The number of carboxylic acid groups (broad SMARTS) is 1. The SMILES string of the molecule is CC(C(=O)O)C1CCn2c1c(CCc1ccc(Cl)cc1)c1c(Br)cc(F)cc12. The van der Waals surface area contributed by atoms with Crippen molar-refractivity contribution in [3.8, 4) is 0 Å². The van der Waals surface area contributed by atoms with E-state index in [2.05, 4.69) is 20.5 Å². The van der Waals surface area contributed by atoms with E-state index in [0.717, 1.165) is 51.5 Å². The lowest BCUT2D eigenvalue weighted by atomic mass is 9.86. The highest BCUT2D eigenvalue weighted by Crippen LogP contribution is 2.44. The maximum Gasteiger partial charge on any atom is 0.306 e. The van der Waals surface area contributed by atoms with E-state index in [0.29, 0.717) is 11.6 Å². The van der Waals surface area contributed by atoms with Crippen molar-refractivity contribution in [2.24, 2.45) is 5.92 Å². The Morgan fingerprint density at radius 3 is 2.71 bits per heavy atom. The maximum absolute atomic E-state index is 14.1.